The fourth-order valence-electron chi connectivity index (χ4n) is 2.12. The van der Waals surface area contributed by atoms with Gasteiger partial charge in [-0.15, -0.1) is 0 Å². The number of primary amides is 1. The average Bonchev–Trinajstić information content (AvgIpc) is 2.46. The van der Waals surface area contributed by atoms with Crippen molar-refractivity contribution in [2.75, 3.05) is 13.2 Å². The maximum absolute atomic E-state index is 11.4. The molecule has 0 aliphatic heterocycles. The Hall–Kier alpha value is -2.49. The summed E-state index contributed by atoms with van der Waals surface area (Å²) in [7, 11) is 0. The van der Waals surface area contributed by atoms with Gasteiger partial charge in [0.25, 0.3) is 5.91 Å². The molecule has 22 heavy (non-hydrogen) atoms. The van der Waals surface area contributed by atoms with E-state index in [-0.39, 0.29) is 0 Å². The first-order valence-electron chi connectivity index (χ1n) is 7.20. The van der Waals surface area contributed by atoms with Gasteiger partial charge < -0.3 is 15.2 Å². The molecule has 4 nitrogen and oxygen atoms in total. The first-order valence-corrected chi connectivity index (χ1v) is 7.20. The quantitative estimate of drug-likeness (QED) is 0.833. The van der Waals surface area contributed by atoms with Crippen molar-refractivity contribution in [2.24, 2.45) is 5.73 Å². The van der Waals surface area contributed by atoms with Crippen LogP contribution < -0.4 is 15.2 Å². The summed E-state index contributed by atoms with van der Waals surface area (Å²) < 4.78 is 11.4. The summed E-state index contributed by atoms with van der Waals surface area (Å²) in [5, 5.41) is 0. The molecular weight excluding hydrogens is 278 g/mol. The first-order chi connectivity index (χ1) is 10.5. The van der Waals surface area contributed by atoms with Crippen LogP contribution in [0.2, 0.25) is 0 Å². The predicted octanol–water partition coefficient (Wildman–Crippen LogP) is 3.17. The molecule has 4 heteroatoms. The van der Waals surface area contributed by atoms with Crippen molar-refractivity contribution in [2.45, 2.75) is 20.8 Å². The Balaban J connectivity index is 1.95. The van der Waals surface area contributed by atoms with E-state index in [2.05, 4.69) is 0 Å². The Kier molecular flexibility index (Phi) is 5.04. The van der Waals surface area contributed by atoms with Gasteiger partial charge in [0, 0.05) is 0 Å². The molecule has 0 spiro atoms. The second-order valence-corrected chi connectivity index (χ2v) is 5.33. The highest BCUT2D eigenvalue weighted by molar-refractivity contribution is 5.95. The number of ether oxygens (including phenoxy) is 2. The van der Waals surface area contributed by atoms with E-state index in [1.807, 2.05) is 45.0 Å². The molecule has 116 valence electrons. The third-order valence-corrected chi connectivity index (χ3v) is 3.34. The van der Waals surface area contributed by atoms with Gasteiger partial charge in [0.1, 0.15) is 24.7 Å². The molecule has 0 bridgehead atoms. The predicted molar refractivity (Wildman–Crippen MR) is 86.6 cm³/mol. The van der Waals surface area contributed by atoms with Gasteiger partial charge in [0.2, 0.25) is 0 Å². The highest BCUT2D eigenvalue weighted by Crippen LogP contribution is 2.21. The van der Waals surface area contributed by atoms with Crippen LogP contribution in [0.3, 0.4) is 0 Å². The molecule has 0 fully saturated rings. The Morgan fingerprint density at radius 3 is 2.09 bits per heavy atom. The zero-order chi connectivity index (χ0) is 16.1. The third-order valence-electron chi connectivity index (χ3n) is 3.34. The van der Waals surface area contributed by atoms with E-state index < -0.39 is 5.91 Å². The van der Waals surface area contributed by atoms with Crippen molar-refractivity contribution in [3.8, 4) is 11.5 Å². The smallest absolute Gasteiger partial charge is 0.252 e. The lowest BCUT2D eigenvalue weighted by Crippen LogP contribution is -2.15. The largest absolute Gasteiger partial charge is 0.490 e. The van der Waals surface area contributed by atoms with Crippen molar-refractivity contribution in [1.82, 2.24) is 0 Å². The molecule has 0 atom stereocenters. The normalized spacial score (nSPS) is 10.3. The standard InChI is InChI=1S/C18H21NO3/c1-12-4-6-14(3)16(10-12)21-8-9-22-17-11-13(2)5-7-15(17)18(19)20/h4-7,10-11H,8-9H2,1-3H3,(H2,19,20). The van der Waals surface area contributed by atoms with Crippen molar-refractivity contribution in [3.05, 3.63) is 58.7 Å². The summed E-state index contributed by atoms with van der Waals surface area (Å²) in [6, 6.07) is 11.4. The van der Waals surface area contributed by atoms with Gasteiger partial charge in [-0.2, -0.15) is 0 Å². The number of amides is 1. The molecule has 2 N–H and O–H groups in total. The van der Waals surface area contributed by atoms with E-state index in [1.54, 1.807) is 12.1 Å². The summed E-state index contributed by atoms with van der Waals surface area (Å²) in [5.74, 6) is 0.852. The topological polar surface area (TPSA) is 61.6 Å². The van der Waals surface area contributed by atoms with Crippen LogP contribution in [0.4, 0.5) is 0 Å². The maximum atomic E-state index is 11.4. The van der Waals surface area contributed by atoms with E-state index >= 15 is 0 Å². The van der Waals surface area contributed by atoms with Crippen molar-refractivity contribution < 1.29 is 14.3 Å². The summed E-state index contributed by atoms with van der Waals surface area (Å²) in [6.07, 6.45) is 0. The fourth-order valence-corrected chi connectivity index (χ4v) is 2.12. The molecule has 0 heterocycles. The number of hydrogen-bond donors (Lipinski definition) is 1. The average molecular weight is 299 g/mol. The lowest BCUT2D eigenvalue weighted by molar-refractivity contribution is 0.0995. The van der Waals surface area contributed by atoms with Gasteiger partial charge in [-0.3, -0.25) is 4.79 Å². The van der Waals surface area contributed by atoms with Gasteiger partial charge >= 0.3 is 0 Å². The number of nitrogens with two attached hydrogens (primary N) is 1. The van der Waals surface area contributed by atoms with Crippen LogP contribution in [0, 0.1) is 20.8 Å². The number of carbonyl (C=O) groups excluding carboxylic acids is 1. The summed E-state index contributed by atoms with van der Waals surface area (Å²) in [5.41, 5.74) is 8.97. The Morgan fingerprint density at radius 1 is 0.909 bits per heavy atom. The van der Waals surface area contributed by atoms with E-state index in [1.165, 1.54) is 0 Å². The zero-order valence-electron chi connectivity index (χ0n) is 13.2. The molecule has 0 saturated carbocycles. The molecule has 0 unspecified atom stereocenters. The Morgan fingerprint density at radius 2 is 1.45 bits per heavy atom. The van der Waals surface area contributed by atoms with Crippen LogP contribution in [-0.2, 0) is 0 Å². The SMILES string of the molecule is Cc1ccc(C)c(OCCOc2cc(C)ccc2C(N)=O)c1. The number of benzene rings is 2. The lowest BCUT2D eigenvalue weighted by atomic mass is 10.1. The van der Waals surface area contributed by atoms with Gasteiger partial charge in [0.05, 0.1) is 5.56 Å². The van der Waals surface area contributed by atoms with Gasteiger partial charge in [-0.05, 0) is 55.7 Å². The van der Waals surface area contributed by atoms with Gasteiger partial charge in [0.15, 0.2) is 0 Å². The van der Waals surface area contributed by atoms with Crippen LogP contribution in [0.15, 0.2) is 36.4 Å². The second kappa shape index (κ2) is 6.98. The molecule has 0 saturated heterocycles. The van der Waals surface area contributed by atoms with Crippen LogP contribution in [0.5, 0.6) is 11.5 Å². The highest BCUT2D eigenvalue weighted by atomic mass is 16.5. The van der Waals surface area contributed by atoms with Crippen molar-refractivity contribution in [1.29, 1.82) is 0 Å². The fraction of sp³-hybridized carbons (Fsp3) is 0.278. The van der Waals surface area contributed by atoms with Crippen LogP contribution >= 0.6 is 0 Å². The molecule has 2 aromatic rings. The van der Waals surface area contributed by atoms with E-state index in [0.717, 1.165) is 22.4 Å². The molecule has 0 radical (unpaired) electrons. The molecule has 0 aliphatic carbocycles. The third kappa shape index (κ3) is 4.01. The number of rotatable bonds is 6. The molecule has 2 rings (SSSR count). The molecule has 2 aromatic carbocycles. The maximum Gasteiger partial charge on any atom is 0.252 e. The molecular formula is C18H21NO3. The Labute approximate surface area is 130 Å². The van der Waals surface area contributed by atoms with Crippen molar-refractivity contribution >= 4 is 5.91 Å². The van der Waals surface area contributed by atoms with E-state index in [9.17, 15) is 4.79 Å². The first kappa shape index (κ1) is 15.9. The van der Waals surface area contributed by atoms with Crippen LogP contribution in [0.25, 0.3) is 0 Å². The summed E-state index contributed by atoms with van der Waals surface area (Å²) in [6.45, 7) is 6.70. The van der Waals surface area contributed by atoms with E-state index in [0.29, 0.717) is 24.5 Å². The van der Waals surface area contributed by atoms with Crippen LogP contribution in [0.1, 0.15) is 27.0 Å². The minimum Gasteiger partial charge on any atom is -0.490 e. The number of aryl methyl sites for hydroxylation is 3. The van der Waals surface area contributed by atoms with E-state index in [4.69, 9.17) is 15.2 Å². The second-order valence-electron chi connectivity index (χ2n) is 5.33. The van der Waals surface area contributed by atoms with Gasteiger partial charge in [-0.1, -0.05) is 18.2 Å². The van der Waals surface area contributed by atoms with Crippen molar-refractivity contribution in [3.63, 3.8) is 0 Å². The zero-order valence-corrected chi connectivity index (χ0v) is 13.2. The number of carbonyl (C=O) groups is 1. The summed E-state index contributed by atoms with van der Waals surface area (Å²) >= 11 is 0. The molecule has 0 aliphatic rings. The number of hydrogen-bond acceptors (Lipinski definition) is 3. The van der Waals surface area contributed by atoms with Crippen LogP contribution in [-0.4, -0.2) is 19.1 Å². The minimum absolute atomic E-state index is 0.344. The monoisotopic (exact) mass is 299 g/mol. The Bertz CT molecular complexity index is 680. The van der Waals surface area contributed by atoms with Gasteiger partial charge in [-0.25, -0.2) is 0 Å². The minimum atomic E-state index is -0.495. The lowest BCUT2D eigenvalue weighted by Gasteiger charge is -2.13. The molecule has 0 aromatic heterocycles. The summed E-state index contributed by atoms with van der Waals surface area (Å²) in [4.78, 5) is 11.4. The molecule has 1 amide bonds. The highest BCUT2D eigenvalue weighted by Gasteiger charge is 2.09.